The molecule has 0 saturated carbocycles. The summed E-state index contributed by atoms with van der Waals surface area (Å²) in [6, 6.07) is 10.1. The molecule has 2 aromatic carbocycles. The third-order valence-electron chi connectivity index (χ3n) is 2.53. The summed E-state index contributed by atoms with van der Waals surface area (Å²) in [7, 11) is 0. The number of rotatable bonds is 3. The van der Waals surface area contributed by atoms with Gasteiger partial charge in [0.05, 0.1) is 10.6 Å². The van der Waals surface area contributed by atoms with E-state index in [0.29, 0.717) is 5.69 Å². The van der Waals surface area contributed by atoms with Crippen LogP contribution in [0.15, 0.2) is 42.5 Å². The second-order valence-electron chi connectivity index (χ2n) is 3.86. The van der Waals surface area contributed by atoms with Gasteiger partial charge in [0.2, 0.25) is 5.82 Å². The first kappa shape index (κ1) is 14.4. The zero-order chi connectivity index (χ0) is 14.7. The molecule has 20 heavy (non-hydrogen) atoms. The average molecular weight is 386 g/mol. The number of para-hydroxylation sites is 1. The highest BCUT2D eigenvalue weighted by molar-refractivity contribution is 14.1. The van der Waals surface area contributed by atoms with Gasteiger partial charge in [0.15, 0.2) is 0 Å². The molecule has 2 rings (SSSR count). The fourth-order valence-electron chi connectivity index (χ4n) is 1.55. The molecule has 0 unspecified atom stereocenters. The minimum atomic E-state index is -0.971. The van der Waals surface area contributed by atoms with Crippen molar-refractivity contribution in [3.8, 4) is 0 Å². The minimum absolute atomic E-state index is 0.0257. The van der Waals surface area contributed by atoms with Crippen molar-refractivity contribution in [1.82, 2.24) is 0 Å². The Morgan fingerprint density at radius 1 is 1.25 bits per heavy atom. The van der Waals surface area contributed by atoms with Gasteiger partial charge in [-0.1, -0.05) is 12.1 Å². The van der Waals surface area contributed by atoms with Crippen molar-refractivity contribution in [2.45, 2.75) is 0 Å². The van der Waals surface area contributed by atoms with Gasteiger partial charge in [0.25, 0.3) is 5.91 Å². The Morgan fingerprint density at radius 2 is 1.95 bits per heavy atom. The Balaban J connectivity index is 2.28. The Labute approximate surface area is 127 Å². The standard InChI is InChI=1S/C13H8FIN2O3/c14-9-6-5-8(7-12(9)17(19)20)13(18)16-11-4-2-1-3-10(11)15/h1-7H,(H,16,18). The van der Waals surface area contributed by atoms with Crippen LogP contribution in [0, 0.1) is 19.5 Å². The summed E-state index contributed by atoms with van der Waals surface area (Å²) in [5, 5.41) is 13.3. The number of nitrogens with zero attached hydrogens (tertiary/aromatic N) is 1. The molecule has 0 radical (unpaired) electrons. The molecule has 0 aliphatic rings. The number of carbonyl (C=O) groups is 1. The summed E-state index contributed by atoms with van der Waals surface area (Å²) in [6.07, 6.45) is 0. The lowest BCUT2D eigenvalue weighted by atomic mass is 10.1. The highest BCUT2D eigenvalue weighted by Crippen LogP contribution is 2.21. The smallest absolute Gasteiger partial charge is 0.305 e. The highest BCUT2D eigenvalue weighted by Gasteiger charge is 2.17. The normalized spacial score (nSPS) is 10.1. The molecule has 0 aliphatic heterocycles. The maximum absolute atomic E-state index is 13.2. The van der Waals surface area contributed by atoms with Crippen LogP contribution in [0.3, 0.4) is 0 Å². The SMILES string of the molecule is O=C(Nc1ccccc1I)c1ccc(F)c([N+](=O)[O-])c1. The molecule has 0 bridgehead atoms. The van der Waals surface area contributed by atoms with Crippen LogP contribution < -0.4 is 5.32 Å². The van der Waals surface area contributed by atoms with Gasteiger partial charge >= 0.3 is 5.69 Å². The average Bonchev–Trinajstić information content (AvgIpc) is 2.41. The van der Waals surface area contributed by atoms with Crippen molar-refractivity contribution in [1.29, 1.82) is 0 Å². The third kappa shape index (κ3) is 3.10. The molecule has 0 spiro atoms. The number of hydrogen-bond acceptors (Lipinski definition) is 3. The largest absolute Gasteiger partial charge is 0.321 e. The monoisotopic (exact) mass is 386 g/mol. The summed E-state index contributed by atoms with van der Waals surface area (Å²) in [6.45, 7) is 0. The minimum Gasteiger partial charge on any atom is -0.321 e. The topological polar surface area (TPSA) is 72.2 Å². The summed E-state index contributed by atoms with van der Waals surface area (Å²) < 4.78 is 14.0. The number of amides is 1. The van der Waals surface area contributed by atoms with Crippen molar-refractivity contribution in [2.75, 3.05) is 5.32 Å². The van der Waals surface area contributed by atoms with Gasteiger partial charge in [-0.25, -0.2) is 0 Å². The van der Waals surface area contributed by atoms with E-state index in [9.17, 15) is 19.3 Å². The molecular formula is C13H8FIN2O3. The Bertz CT molecular complexity index is 691. The van der Waals surface area contributed by atoms with Crippen LogP contribution in [0.25, 0.3) is 0 Å². The maximum Gasteiger partial charge on any atom is 0.305 e. The lowest BCUT2D eigenvalue weighted by molar-refractivity contribution is -0.387. The number of carbonyl (C=O) groups excluding carboxylic acids is 1. The van der Waals surface area contributed by atoms with E-state index in [0.717, 1.165) is 15.7 Å². The van der Waals surface area contributed by atoms with Crippen molar-refractivity contribution in [2.24, 2.45) is 0 Å². The summed E-state index contributed by atoms with van der Waals surface area (Å²) in [4.78, 5) is 21.8. The number of halogens is 2. The molecule has 2 aromatic rings. The van der Waals surface area contributed by atoms with E-state index in [1.807, 2.05) is 12.1 Å². The number of nitrogens with one attached hydrogen (secondary N) is 1. The van der Waals surface area contributed by atoms with E-state index in [-0.39, 0.29) is 5.56 Å². The van der Waals surface area contributed by atoms with Crippen molar-refractivity contribution < 1.29 is 14.1 Å². The number of hydrogen-bond donors (Lipinski definition) is 1. The first-order chi connectivity index (χ1) is 9.49. The quantitative estimate of drug-likeness (QED) is 0.498. The van der Waals surface area contributed by atoms with E-state index >= 15 is 0 Å². The molecule has 1 amide bonds. The first-order valence-electron chi connectivity index (χ1n) is 5.49. The summed E-state index contributed by atoms with van der Waals surface area (Å²) >= 11 is 2.05. The lowest BCUT2D eigenvalue weighted by Gasteiger charge is -2.07. The molecule has 5 nitrogen and oxygen atoms in total. The third-order valence-corrected chi connectivity index (χ3v) is 3.47. The second kappa shape index (κ2) is 5.95. The molecule has 0 aliphatic carbocycles. The number of benzene rings is 2. The first-order valence-corrected chi connectivity index (χ1v) is 6.56. The van der Waals surface area contributed by atoms with Crippen molar-refractivity contribution >= 4 is 39.9 Å². The van der Waals surface area contributed by atoms with Crippen molar-refractivity contribution in [3.05, 3.63) is 67.5 Å². The molecule has 7 heteroatoms. The van der Waals surface area contributed by atoms with E-state index in [2.05, 4.69) is 27.9 Å². The Hall–Kier alpha value is -2.03. The van der Waals surface area contributed by atoms with E-state index in [4.69, 9.17) is 0 Å². The van der Waals surface area contributed by atoms with Crippen molar-refractivity contribution in [3.63, 3.8) is 0 Å². The molecule has 0 saturated heterocycles. The van der Waals surface area contributed by atoms with E-state index in [1.54, 1.807) is 12.1 Å². The number of anilines is 1. The van der Waals surface area contributed by atoms with Crippen LogP contribution in [-0.2, 0) is 0 Å². The second-order valence-corrected chi connectivity index (χ2v) is 5.02. The van der Waals surface area contributed by atoms with Gasteiger partial charge in [0.1, 0.15) is 0 Å². The fraction of sp³-hybridized carbons (Fsp3) is 0. The predicted molar refractivity (Wildman–Crippen MR) is 80.2 cm³/mol. The molecule has 0 atom stereocenters. The molecule has 0 aromatic heterocycles. The molecule has 0 fully saturated rings. The van der Waals surface area contributed by atoms with Gasteiger partial charge in [0, 0.05) is 15.2 Å². The Morgan fingerprint density at radius 3 is 2.60 bits per heavy atom. The summed E-state index contributed by atoms with van der Waals surface area (Å²) in [5.74, 6) is -1.50. The summed E-state index contributed by atoms with van der Waals surface area (Å²) in [5.41, 5.74) is -0.108. The van der Waals surface area contributed by atoms with E-state index < -0.39 is 22.3 Å². The van der Waals surface area contributed by atoms with Crippen LogP contribution in [-0.4, -0.2) is 10.8 Å². The zero-order valence-corrected chi connectivity index (χ0v) is 12.1. The number of nitro benzene ring substituents is 1. The van der Waals surface area contributed by atoms with Crippen LogP contribution in [0.5, 0.6) is 0 Å². The highest BCUT2D eigenvalue weighted by atomic mass is 127. The molecule has 0 heterocycles. The van der Waals surface area contributed by atoms with Crippen LogP contribution in [0.4, 0.5) is 15.8 Å². The van der Waals surface area contributed by atoms with E-state index in [1.165, 1.54) is 6.07 Å². The molecule has 1 N–H and O–H groups in total. The van der Waals surface area contributed by atoms with Crippen LogP contribution >= 0.6 is 22.6 Å². The predicted octanol–water partition coefficient (Wildman–Crippen LogP) is 3.59. The van der Waals surface area contributed by atoms with Gasteiger partial charge in [-0.2, -0.15) is 4.39 Å². The number of nitro groups is 1. The molecular weight excluding hydrogens is 378 g/mol. The van der Waals surface area contributed by atoms with Gasteiger partial charge in [-0.3, -0.25) is 14.9 Å². The van der Waals surface area contributed by atoms with Crippen LogP contribution in [0.1, 0.15) is 10.4 Å². The van der Waals surface area contributed by atoms with Gasteiger partial charge in [-0.05, 0) is 46.9 Å². The van der Waals surface area contributed by atoms with Gasteiger partial charge < -0.3 is 5.32 Å². The fourth-order valence-corrected chi connectivity index (χ4v) is 2.07. The lowest BCUT2D eigenvalue weighted by Crippen LogP contribution is -2.13. The van der Waals surface area contributed by atoms with Gasteiger partial charge in [-0.15, -0.1) is 0 Å². The Kier molecular flexibility index (Phi) is 4.28. The molecule has 102 valence electrons. The maximum atomic E-state index is 13.2. The zero-order valence-electron chi connectivity index (χ0n) is 9.97. The van der Waals surface area contributed by atoms with Crippen LogP contribution in [0.2, 0.25) is 0 Å².